The molecule has 0 spiro atoms. The van der Waals surface area contributed by atoms with Crippen molar-refractivity contribution in [3.8, 4) is 90.6 Å². The first-order valence-electron chi connectivity index (χ1n) is 23.6. The number of para-hydroxylation sites is 2. The second-order valence-electron chi connectivity index (χ2n) is 17.7. The molecule has 14 aromatic rings. The molecule has 14 rings (SSSR count). The first kappa shape index (κ1) is 41.0. The zero-order chi connectivity index (χ0) is 47.5. The zero-order valence-corrected chi connectivity index (χ0v) is 38.3. The summed E-state index contributed by atoms with van der Waals surface area (Å²) in [5, 5.41) is 8.39. The predicted molar refractivity (Wildman–Crippen MR) is 287 cm³/mol. The van der Waals surface area contributed by atoms with Crippen LogP contribution in [0.4, 0.5) is 0 Å². The molecule has 0 saturated carbocycles. The van der Waals surface area contributed by atoms with Gasteiger partial charge in [-0.1, -0.05) is 121 Å². The minimum atomic E-state index is 0.535. The van der Waals surface area contributed by atoms with Crippen molar-refractivity contribution in [1.82, 2.24) is 49.8 Å². The largest absolute Gasteiger partial charge is 0.264 e. The molecular formula is C62H36N10. The van der Waals surface area contributed by atoms with E-state index in [2.05, 4.69) is 119 Å². The molecule has 0 bridgehead atoms. The van der Waals surface area contributed by atoms with E-state index in [1.165, 1.54) is 0 Å². The summed E-state index contributed by atoms with van der Waals surface area (Å²) < 4.78 is 0. The fraction of sp³-hybridized carbons (Fsp3) is 0. The maximum absolute atomic E-state index is 5.29. The number of benzene rings is 8. The summed E-state index contributed by atoms with van der Waals surface area (Å²) in [6.07, 6.45) is 10.9. The highest BCUT2D eigenvalue weighted by atomic mass is 15.0. The lowest BCUT2D eigenvalue weighted by molar-refractivity contribution is 1.08. The standard InChI is InChI=1S/C62H36N10/c1-11-41(45-17-5-29-63-35-45)33-43(13-1)57-67-59(71-61(69-57)51-19-3-9-39-15-7-31-65-55(39)51)49-27-23-37-22-26-48-50(28-24-38-21-25-47(49)53(37)54(38)48)60-68-58(44-14-2-12-42(34-44)46-18-6-30-64-36-46)70-62(72-60)52-20-4-10-40-16-8-32-66-56(40)52/h1-36H. The Morgan fingerprint density at radius 2 is 0.625 bits per heavy atom. The van der Waals surface area contributed by atoms with Gasteiger partial charge in [-0.15, -0.1) is 0 Å². The Morgan fingerprint density at radius 1 is 0.250 bits per heavy atom. The number of fused-ring (bicyclic) bond motifs is 2. The Kier molecular flexibility index (Phi) is 9.59. The third-order valence-corrected chi connectivity index (χ3v) is 13.4. The summed E-state index contributed by atoms with van der Waals surface area (Å²) in [5.74, 6) is 3.28. The fourth-order valence-corrected chi connectivity index (χ4v) is 9.99. The molecule has 0 radical (unpaired) electrons. The van der Waals surface area contributed by atoms with E-state index >= 15 is 0 Å². The van der Waals surface area contributed by atoms with E-state index < -0.39 is 0 Å². The van der Waals surface area contributed by atoms with Crippen LogP contribution in [-0.2, 0) is 0 Å². The van der Waals surface area contributed by atoms with Crippen LogP contribution in [0, 0.1) is 0 Å². The summed E-state index contributed by atoms with van der Waals surface area (Å²) in [7, 11) is 0. The smallest absolute Gasteiger partial charge is 0.166 e. The van der Waals surface area contributed by atoms with Crippen LogP contribution in [0.25, 0.3) is 145 Å². The van der Waals surface area contributed by atoms with Gasteiger partial charge in [0.1, 0.15) is 0 Å². The topological polar surface area (TPSA) is 129 Å². The van der Waals surface area contributed by atoms with Crippen LogP contribution in [-0.4, -0.2) is 49.8 Å². The van der Waals surface area contributed by atoms with Gasteiger partial charge in [-0.05, 0) is 104 Å². The van der Waals surface area contributed by atoms with Crippen LogP contribution in [0.5, 0.6) is 0 Å². The molecule has 0 aliphatic carbocycles. The summed E-state index contributed by atoms with van der Waals surface area (Å²) in [5.41, 5.74) is 10.8. The number of nitrogens with zero attached hydrogens (tertiary/aromatic N) is 10. The number of rotatable bonds is 8. The molecule has 6 heterocycles. The van der Waals surface area contributed by atoms with Crippen LogP contribution >= 0.6 is 0 Å². The van der Waals surface area contributed by atoms with Crippen molar-refractivity contribution >= 4 is 54.1 Å². The van der Waals surface area contributed by atoms with Crippen LogP contribution in [0.15, 0.2) is 219 Å². The van der Waals surface area contributed by atoms with Gasteiger partial charge in [-0.2, -0.15) is 0 Å². The Balaban J connectivity index is 0.974. The third kappa shape index (κ3) is 7.04. The van der Waals surface area contributed by atoms with E-state index in [9.17, 15) is 0 Å². The number of hydrogen-bond donors (Lipinski definition) is 0. The van der Waals surface area contributed by atoms with Crippen molar-refractivity contribution in [2.45, 2.75) is 0 Å². The summed E-state index contributed by atoms with van der Waals surface area (Å²) in [4.78, 5) is 49.9. The molecule has 334 valence electrons. The highest BCUT2D eigenvalue weighted by Crippen LogP contribution is 2.43. The van der Waals surface area contributed by atoms with Crippen molar-refractivity contribution < 1.29 is 0 Å². The normalized spacial score (nSPS) is 11.6. The van der Waals surface area contributed by atoms with E-state index in [1.807, 2.05) is 97.6 Å². The number of aromatic nitrogens is 10. The molecule has 0 amide bonds. The molecule has 0 unspecified atom stereocenters. The second-order valence-corrected chi connectivity index (χ2v) is 17.7. The van der Waals surface area contributed by atoms with Gasteiger partial charge in [-0.25, -0.2) is 29.9 Å². The highest BCUT2D eigenvalue weighted by molar-refractivity contribution is 6.27. The predicted octanol–water partition coefficient (Wildman–Crippen LogP) is 14.2. The van der Waals surface area contributed by atoms with Crippen LogP contribution in [0.3, 0.4) is 0 Å². The molecule has 8 aromatic carbocycles. The maximum atomic E-state index is 5.29. The van der Waals surface area contributed by atoms with Crippen molar-refractivity contribution in [2.75, 3.05) is 0 Å². The fourth-order valence-electron chi connectivity index (χ4n) is 9.99. The monoisotopic (exact) mass is 920 g/mol. The highest BCUT2D eigenvalue weighted by Gasteiger charge is 2.22. The van der Waals surface area contributed by atoms with Gasteiger partial charge in [0.05, 0.1) is 11.0 Å². The van der Waals surface area contributed by atoms with Crippen LogP contribution < -0.4 is 0 Å². The first-order chi connectivity index (χ1) is 35.7. The number of pyridine rings is 4. The van der Waals surface area contributed by atoms with Gasteiger partial charge >= 0.3 is 0 Å². The SMILES string of the molecule is c1cncc(-c2cccc(-c3nc(-c4ccc5ccc6c(-c7nc(-c8cccc(-c9cccnc9)c8)nc(-c8cccc9cccnc89)n7)ccc7ccc4c5c76)nc(-c4cccc5cccnc45)n3)c2)c1. The average Bonchev–Trinajstić information content (AvgIpc) is 3.46. The molecule has 0 aliphatic rings. The van der Waals surface area contributed by atoms with E-state index in [0.29, 0.717) is 34.9 Å². The van der Waals surface area contributed by atoms with E-state index in [-0.39, 0.29) is 0 Å². The van der Waals surface area contributed by atoms with Crippen LogP contribution in [0.1, 0.15) is 0 Å². The van der Waals surface area contributed by atoms with Gasteiger partial charge in [0.25, 0.3) is 0 Å². The number of hydrogen-bond acceptors (Lipinski definition) is 10. The lowest BCUT2D eigenvalue weighted by Crippen LogP contribution is -2.02. The molecule has 0 aliphatic heterocycles. The quantitative estimate of drug-likeness (QED) is 0.136. The van der Waals surface area contributed by atoms with Gasteiger partial charge in [0, 0.05) is 92.5 Å². The molecule has 10 heteroatoms. The molecule has 0 fully saturated rings. The van der Waals surface area contributed by atoms with E-state index in [0.717, 1.165) is 110 Å². The molecule has 10 nitrogen and oxygen atoms in total. The van der Waals surface area contributed by atoms with Gasteiger partial charge in [0.15, 0.2) is 34.9 Å². The zero-order valence-electron chi connectivity index (χ0n) is 38.3. The van der Waals surface area contributed by atoms with Crippen LogP contribution in [0.2, 0.25) is 0 Å². The third-order valence-electron chi connectivity index (χ3n) is 13.4. The second kappa shape index (κ2) is 16.9. The molecule has 6 aromatic heterocycles. The minimum Gasteiger partial charge on any atom is -0.264 e. The van der Waals surface area contributed by atoms with Gasteiger partial charge in [0.2, 0.25) is 0 Å². The Hall–Kier alpha value is -10.1. The van der Waals surface area contributed by atoms with Crippen molar-refractivity contribution in [2.24, 2.45) is 0 Å². The van der Waals surface area contributed by atoms with Gasteiger partial charge < -0.3 is 0 Å². The lowest BCUT2D eigenvalue weighted by Gasteiger charge is -2.17. The molecular weight excluding hydrogens is 885 g/mol. The maximum Gasteiger partial charge on any atom is 0.166 e. The average molecular weight is 921 g/mol. The van der Waals surface area contributed by atoms with Gasteiger partial charge in [-0.3, -0.25) is 19.9 Å². The summed E-state index contributed by atoms with van der Waals surface area (Å²) in [6.45, 7) is 0. The lowest BCUT2D eigenvalue weighted by atomic mass is 9.89. The molecule has 0 saturated heterocycles. The van der Waals surface area contributed by atoms with Crippen molar-refractivity contribution in [3.63, 3.8) is 0 Å². The molecule has 0 N–H and O–H groups in total. The van der Waals surface area contributed by atoms with Crippen molar-refractivity contribution in [1.29, 1.82) is 0 Å². The van der Waals surface area contributed by atoms with E-state index in [4.69, 9.17) is 39.9 Å². The minimum absolute atomic E-state index is 0.535. The Labute approximate surface area is 411 Å². The van der Waals surface area contributed by atoms with E-state index in [1.54, 1.807) is 12.4 Å². The Bertz CT molecular complexity index is 4120. The Morgan fingerprint density at radius 3 is 1.08 bits per heavy atom. The summed E-state index contributed by atoms with van der Waals surface area (Å²) >= 11 is 0. The first-order valence-corrected chi connectivity index (χ1v) is 23.6. The summed E-state index contributed by atoms with van der Waals surface area (Å²) in [6, 6.07) is 62.1. The molecule has 0 atom stereocenters. The van der Waals surface area contributed by atoms with Crippen molar-refractivity contribution in [3.05, 3.63) is 219 Å². The molecule has 72 heavy (non-hydrogen) atoms.